The minimum Gasteiger partial charge on any atom is -0.344 e. The zero-order valence-electron chi connectivity index (χ0n) is 12.3. The third kappa shape index (κ3) is 2.34. The highest BCUT2D eigenvalue weighted by molar-refractivity contribution is 5.95. The Morgan fingerprint density at radius 1 is 1.24 bits per heavy atom. The van der Waals surface area contributed by atoms with E-state index in [2.05, 4.69) is 4.98 Å². The van der Waals surface area contributed by atoms with Crippen molar-refractivity contribution in [1.82, 2.24) is 14.8 Å². The maximum Gasteiger partial charge on any atom is 0.260 e. The van der Waals surface area contributed by atoms with Crippen LogP contribution in [0.1, 0.15) is 35.3 Å². The van der Waals surface area contributed by atoms with Crippen molar-refractivity contribution >= 4 is 11.8 Å². The van der Waals surface area contributed by atoms with Crippen LogP contribution >= 0.6 is 0 Å². The highest BCUT2D eigenvalue weighted by Crippen LogP contribution is 2.31. The maximum atomic E-state index is 12.7. The molecule has 0 unspecified atom stereocenters. The fraction of sp³-hybridized carbons (Fsp3) is 0.533. The number of rotatable bonds is 1. The van der Waals surface area contributed by atoms with Crippen LogP contribution in [0.15, 0.2) is 16.9 Å². The van der Waals surface area contributed by atoms with Gasteiger partial charge in [0.15, 0.2) is 0 Å². The number of pyridine rings is 1. The first-order chi connectivity index (χ1) is 9.97. The van der Waals surface area contributed by atoms with Gasteiger partial charge in [-0.05, 0) is 31.9 Å². The average Bonchev–Trinajstić information content (AvgIpc) is 2.74. The van der Waals surface area contributed by atoms with E-state index in [9.17, 15) is 14.4 Å². The first-order valence-corrected chi connectivity index (χ1v) is 7.24. The first-order valence-electron chi connectivity index (χ1n) is 7.24. The molecule has 0 radical (unpaired) electrons. The first kappa shape index (κ1) is 13.9. The SMILES string of the molecule is Cc1ccc(C(=O)N2[C@@H]3CC[C@H]2CN(C)C(=O)C3)c(=O)[nH]1. The largest absolute Gasteiger partial charge is 0.344 e. The number of H-pyrrole nitrogens is 1. The summed E-state index contributed by atoms with van der Waals surface area (Å²) in [6.45, 7) is 2.32. The molecule has 1 aromatic heterocycles. The van der Waals surface area contributed by atoms with Gasteiger partial charge in [-0.3, -0.25) is 14.4 Å². The fourth-order valence-corrected chi connectivity index (χ4v) is 3.33. The summed E-state index contributed by atoms with van der Waals surface area (Å²) in [5.41, 5.74) is 0.531. The molecule has 0 spiro atoms. The molecule has 2 aliphatic heterocycles. The minimum absolute atomic E-state index is 0.0136. The Bertz CT molecular complexity index is 652. The normalized spacial score (nSPS) is 25.1. The van der Waals surface area contributed by atoms with Crippen LogP contribution in [0.25, 0.3) is 0 Å². The molecule has 3 rings (SSSR count). The second-order valence-electron chi connectivity index (χ2n) is 5.96. The van der Waals surface area contributed by atoms with Crippen LogP contribution in [-0.4, -0.2) is 52.3 Å². The standard InChI is InChI=1S/C15H19N3O3/c1-9-3-6-12(14(20)16-9)15(21)18-10-4-5-11(18)8-17(2)13(19)7-10/h3,6,10-11H,4-5,7-8H2,1-2H3,(H,16,20)/t10-,11+/m1/s1. The van der Waals surface area contributed by atoms with Gasteiger partial charge in [-0.1, -0.05) is 0 Å². The molecule has 2 atom stereocenters. The Balaban J connectivity index is 1.94. The van der Waals surface area contributed by atoms with E-state index >= 15 is 0 Å². The number of aromatic amines is 1. The number of aromatic nitrogens is 1. The van der Waals surface area contributed by atoms with E-state index in [4.69, 9.17) is 0 Å². The second kappa shape index (κ2) is 5.02. The lowest BCUT2D eigenvalue weighted by Gasteiger charge is -2.27. The molecule has 3 heterocycles. The van der Waals surface area contributed by atoms with Crippen molar-refractivity contribution in [3.05, 3.63) is 33.7 Å². The van der Waals surface area contributed by atoms with E-state index in [0.717, 1.165) is 18.5 Å². The van der Waals surface area contributed by atoms with Crippen molar-refractivity contribution in [3.8, 4) is 0 Å². The molecule has 0 aromatic carbocycles. The van der Waals surface area contributed by atoms with E-state index in [-0.39, 0.29) is 35.0 Å². The van der Waals surface area contributed by atoms with Crippen LogP contribution in [0.5, 0.6) is 0 Å². The van der Waals surface area contributed by atoms with Gasteiger partial charge >= 0.3 is 0 Å². The molecule has 21 heavy (non-hydrogen) atoms. The predicted molar refractivity (Wildman–Crippen MR) is 77.0 cm³/mol. The van der Waals surface area contributed by atoms with Gasteiger partial charge < -0.3 is 14.8 Å². The molecule has 1 aromatic rings. The summed E-state index contributed by atoms with van der Waals surface area (Å²) >= 11 is 0. The van der Waals surface area contributed by atoms with Gasteiger partial charge in [0.25, 0.3) is 11.5 Å². The molecule has 2 amide bonds. The number of hydrogen-bond acceptors (Lipinski definition) is 3. The maximum absolute atomic E-state index is 12.7. The van der Waals surface area contributed by atoms with Crippen molar-refractivity contribution in [1.29, 1.82) is 0 Å². The Kier molecular flexibility index (Phi) is 3.31. The van der Waals surface area contributed by atoms with Crippen LogP contribution in [0.2, 0.25) is 0 Å². The number of carbonyl (C=O) groups is 2. The Morgan fingerprint density at radius 2 is 1.95 bits per heavy atom. The predicted octanol–water partition coefficient (Wildman–Crippen LogP) is 0.519. The molecule has 112 valence electrons. The van der Waals surface area contributed by atoms with Gasteiger partial charge in [0.05, 0.1) is 0 Å². The van der Waals surface area contributed by atoms with Gasteiger partial charge in [0, 0.05) is 37.8 Å². The molecule has 0 aliphatic carbocycles. The molecule has 2 bridgehead atoms. The summed E-state index contributed by atoms with van der Waals surface area (Å²) in [7, 11) is 1.77. The number of amides is 2. The molecular formula is C15H19N3O3. The van der Waals surface area contributed by atoms with Gasteiger partial charge in [0.1, 0.15) is 5.56 Å². The van der Waals surface area contributed by atoms with Gasteiger partial charge in [0.2, 0.25) is 5.91 Å². The summed E-state index contributed by atoms with van der Waals surface area (Å²) in [5.74, 6) is -0.190. The summed E-state index contributed by atoms with van der Waals surface area (Å²) in [6, 6.07) is 3.23. The Hall–Kier alpha value is -2.11. The van der Waals surface area contributed by atoms with Crippen LogP contribution in [0, 0.1) is 6.92 Å². The van der Waals surface area contributed by atoms with E-state index in [0.29, 0.717) is 13.0 Å². The third-order valence-electron chi connectivity index (χ3n) is 4.46. The van der Waals surface area contributed by atoms with E-state index in [1.54, 1.807) is 35.9 Å². The van der Waals surface area contributed by atoms with Crippen LogP contribution < -0.4 is 5.56 Å². The van der Waals surface area contributed by atoms with E-state index in [1.165, 1.54) is 0 Å². The van der Waals surface area contributed by atoms with Crippen LogP contribution in [-0.2, 0) is 4.79 Å². The molecule has 2 saturated heterocycles. The zero-order valence-corrected chi connectivity index (χ0v) is 12.3. The number of likely N-dealkylation sites (N-methyl/N-ethyl adjacent to an activating group) is 1. The molecule has 2 fully saturated rings. The van der Waals surface area contributed by atoms with E-state index in [1.807, 2.05) is 0 Å². The number of fused-ring (bicyclic) bond motifs is 2. The Morgan fingerprint density at radius 3 is 2.67 bits per heavy atom. The molecule has 1 N–H and O–H groups in total. The summed E-state index contributed by atoms with van der Waals surface area (Å²) in [5, 5.41) is 0. The van der Waals surface area contributed by atoms with Crippen molar-refractivity contribution in [2.75, 3.05) is 13.6 Å². The zero-order chi connectivity index (χ0) is 15.1. The fourth-order valence-electron chi connectivity index (χ4n) is 3.33. The highest BCUT2D eigenvalue weighted by Gasteiger charge is 2.42. The van der Waals surface area contributed by atoms with E-state index < -0.39 is 0 Å². The third-order valence-corrected chi connectivity index (χ3v) is 4.46. The number of carbonyl (C=O) groups excluding carboxylic acids is 2. The number of aryl methyl sites for hydroxylation is 1. The lowest BCUT2D eigenvalue weighted by Crippen LogP contribution is -2.44. The lowest BCUT2D eigenvalue weighted by atomic mass is 10.1. The summed E-state index contributed by atoms with van der Waals surface area (Å²) in [6.07, 6.45) is 2.07. The van der Waals surface area contributed by atoms with Crippen LogP contribution in [0.4, 0.5) is 0 Å². The summed E-state index contributed by atoms with van der Waals surface area (Å²) < 4.78 is 0. The quantitative estimate of drug-likeness (QED) is 0.819. The minimum atomic E-state index is -0.358. The number of hydrogen-bond donors (Lipinski definition) is 1. The lowest BCUT2D eigenvalue weighted by molar-refractivity contribution is -0.130. The highest BCUT2D eigenvalue weighted by atomic mass is 16.2. The molecule has 6 heteroatoms. The molecular weight excluding hydrogens is 270 g/mol. The monoisotopic (exact) mass is 289 g/mol. The van der Waals surface area contributed by atoms with Gasteiger partial charge in [-0.2, -0.15) is 0 Å². The Labute approximate surface area is 122 Å². The number of nitrogens with zero attached hydrogens (tertiary/aromatic N) is 2. The van der Waals surface area contributed by atoms with Crippen molar-refractivity contribution in [2.24, 2.45) is 0 Å². The second-order valence-corrected chi connectivity index (χ2v) is 5.96. The summed E-state index contributed by atoms with van der Waals surface area (Å²) in [4.78, 5) is 42.8. The van der Waals surface area contributed by atoms with Gasteiger partial charge in [-0.25, -0.2) is 0 Å². The molecule has 6 nitrogen and oxygen atoms in total. The van der Waals surface area contributed by atoms with Crippen molar-refractivity contribution in [2.45, 2.75) is 38.3 Å². The van der Waals surface area contributed by atoms with Crippen molar-refractivity contribution < 1.29 is 9.59 Å². The molecule has 0 saturated carbocycles. The number of nitrogens with one attached hydrogen (secondary N) is 1. The van der Waals surface area contributed by atoms with Crippen LogP contribution in [0.3, 0.4) is 0 Å². The average molecular weight is 289 g/mol. The van der Waals surface area contributed by atoms with Gasteiger partial charge in [-0.15, -0.1) is 0 Å². The topological polar surface area (TPSA) is 73.5 Å². The smallest absolute Gasteiger partial charge is 0.260 e. The van der Waals surface area contributed by atoms with Crippen molar-refractivity contribution in [3.63, 3.8) is 0 Å². The number of likely N-dealkylation sites (tertiary alicyclic amines) is 1. The molecule has 2 aliphatic rings.